The summed E-state index contributed by atoms with van der Waals surface area (Å²) in [7, 11) is 3.52. The summed E-state index contributed by atoms with van der Waals surface area (Å²) in [5, 5.41) is 9.03. The van der Waals surface area contributed by atoms with Gasteiger partial charge in [0.05, 0.1) is 0 Å². The summed E-state index contributed by atoms with van der Waals surface area (Å²) in [4.78, 5) is 19.4. The number of likely N-dealkylation sites (N-methyl/N-ethyl adjacent to an activating group) is 1. The van der Waals surface area contributed by atoms with Crippen molar-refractivity contribution < 1.29 is 4.79 Å². The highest BCUT2D eigenvalue weighted by atomic mass is 32.1. The molecule has 140 valence electrons. The molecule has 1 aliphatic rings. The second kappa shape index (κ2) is 9.80. The molecule has 1 aromatic heterocycles. The number of thiophene rings is 1. The quantitative estimate of drug-likeness (QED) is 0.578. The molecule has 0 aliphatic heterocycles. The van der Waals surface area contributed by atoms with Crippen LogP contribution < -0.4 is 10.6 Å². The zero-order chi connectivity index (χ0) is 18.1. The predicted octanol–water partition coefficient (Wildman–Crippen LogP) is 2.98. The molecule has 0 unspecified atom stereocenters. The van der Waals surface area contributed by atoms with Crippen molar-refractivity contribution in [3.8, 4) is 0 Å². The van der Waals surface area contributed by atoms with Gasteiger partial charge in [0.2, 0.25) is 5.91 Å². The molecule has 1 heterocycles. The third kappa shape index (κ3) is 5.73. The minimum Gasteiger partial charge on any atom is -0.356 e. The van der Waals surface area contributed by atoms with Gasteiger partial charge in [0.25, 0.3) is 0 Å². The number of carbonyl (C=O) groups excluding carboxylic acids is 1. The highest BCUT2D eigenvalue weighted by molar-refractivity contribution is 7.10. The molecule has 5 nitrogen and oxygen atoms in total. The Morgan fingerprint density at radius 2 is 2.04 bits per heavy atom. The van der Waals surface area contributed by atoms with Crippen LogP contribution in [0, 0.1) is 0 Å². The first-order valence-corrected chi connectivity index (χ1v) is 10.2. The predicted molar refractivity (Wildman–Crippen MR) is 106 cm³/mol. The Morgan fingerprint density at radius 3 is 2.64 bits per heavy atom. The molecule has 1 fully saturated rings. The minimum absolute atomic E-state index is 0.0169. The minimum atomic E-state index is 0.0169. The molecule has 6 heteroatoms. The lowest BCUT2D eigenvalue weighted by molar-refractivity contribution is -0.127. The van der Waals surface area contributed by atoms with Crippen molar-refractivity contribution >= 4 is 23.2 Å². The Balaban J connectivity index is 2.05. The number of amides is 1. The van der Waals surface area contributed by atoms with Crippen molar-refractivity contribution in [3.05, 3.63) is 22.4 Å². The molecule has 0 bridgehead atoms. The van der Waals surface area contributed by atoms with E-state index in [4.69, 9.17) is 0 Å². The fourth-order valence-corrected chi connectivity index (χ4v) is 4.27. The molecular formula is C19H32N4OS. The second-order valence-corrected chi connectivity index (χ2v) is 8.00. The summed E-state index contributed by atoms with van der Waals surface area (Å²) < 4.78 is 0. The van der Waals surface area contributed by atoms with Crippen LogP contribution in [0.3, 0.4) is 0 Å². The highest BCUT2D eigenvalue weighted by Gasteiger charge is 2.34. The normalized spacial score (nSPS) is 17.2. The number of aliphatic imine (C=N–C) groups is 1. The fraction of sp³-hybridized carbons (Fsp3) is 0.684. The van der Waals surface area contributed by atoms with Gasteiger partial charge in [-0.25, -0.2) is 4.99 Å². The number of nitrogens with one attached hydrogen (secondary N) is 2. The van der Waals surface area contributed by atoms with Gasteiger partial charge in [-0.05, 0) is 30.7 Å². The van der Waals surface area contributed by atoms with Crippen LogP contribution >= 0.6 is 11.3 Å². The van der Waals surface area contributed by atoms with E-state index in [0.717, 1.165) is 25.5 Å². The summed E-state index contributed by atoms with van der Waals surface area (Å²) >= 11 is 1.86. The summed E-state index contributed by atoms with van der Waals surface area (Å²) in [6, 6.07) is 4.42. The molecular weight excluding hydrogens is 332 g/mol. The van der Waals surface area contributed by atoms with Gasteiger partial charge in [-0.15, -0.1) is 11.3 Å². The van der Waals surface area contributed by atoms with E-state index in [0.29, 0.717) is 0 Å². The molecule has 1 aliphatic carbocycles. The molecule has 0 atom stereocenters. The van der Waals surface area contributed by atoms with Crippen molar-refractivity contribution in [2.45, 2.75) is 50.9 Å². The largest absolute Gasteiger partial charge is 0.356 e. The average Bonchev–Trinajstić information content (AvgIpc) is 3.17. The molecule has 1 saturated carbocycles. The lowest BCUT2D eigenvalue weighted by Gasteiger charge is -2.37. The van der Waals surface area contributed by atoms with Crippen LogP contribution in [0.4, 0.5) is 0 Å². The van der Waals surface area contributed by atoms with Crippen LogP contribution in [0.5, 0.6) is 0 Å². The summed E-state index contributed by atoms with van der Waals surface area (Å²) in [6.45, 7) is 4.04. The van der Waals surface area contributed by atoms with E-state index in [1.54, 1.807) is 19.0 Å². The number of guanidine groups is 1. The maximum atomic E-state index is 11.8. The molecule has 1 amide bonds. The van der Waals surface area contributed by atoms with Crippen LogP contribution in [0.1, 0.15) is 50.3 Å². The van der Waals surface area contributed by atoms with Gasteiger partial charge in [-0.1, -0.05) is 32.3 Å². The van der Waals surface area contributed by atoms with Crippen LogP contribution in [-0.2, 0) is 10.2 Å². The Kier molecular flexibility index (Phi) is 7.75. The molecule has 25 heavy (non-hydrogen) atoms. The Labute approximate surface area is 155 Å². The SMILES string of the molecule is CCCNC(=NCC(=O)N(C)C)NCC1(c2cccs2)CCCCC1. The van der Waals surface area contributed by atoms with Crippen molar-refractivity contribution in [2.75, 3.05) is 33.7 Å². The molecule has 0 spiro atoms. The Bertz CT molecular complexity index is 548. The molecule has 0 saturated heterocycles. The first-order valence-electron chi connectivity index (χ1n) is 9.34. The maximum absolute atomic E-state index is 11.8. The first-order chi connectivity index (χ1) is 12.1. The molecule has 2 N–H and O–H groups in total. The maximum Gasteiger partial charge on any atom is 0.243 e. The zero-order valence-electron chi connectivity index (χ0n) is 15.8. The summed E-state index contributed by atoms with van der Waals surface area (Å²) in [6.07, 6.45) is 7.37. The highest BCUT2D eigenvalue weighted by Crippen LogP contribution is 2.41. The number of nitrogens with zero attached hydrogens (tertiary/aromatic N) is 2. The lowest BCUT2D eigenvalue weighted by atomic mass is 9.73. The van der Waals surface area contributed by atoms with Gasteiger partial charge >= 0.3 is 0 Å². The van der Waals surface area contributed by atoms with Gasteiger partial charge in [0, 0.05) is 37.5 Å². The number of hydrogen-bond donors (Lipinski definition) is 2. The smallest absolute Gasteiger partial charge is 0.243 e. The Morgan fingerprint density at radius 1 is 1.28 bits per heavy atom. The van der Waals surface area contributed by atoms with Gasteiger partial charge in [-0.2, -0.15) is 0 Å². The molecule has 1 aromatic rings. The van der Waals surface area contributed by atoms with E-state index < -0.39 is 0 Å². The number of rotatable bonds is 7. The number of hydrogen-bond acceptors (Lipinski definition) is 3. The standard InChI is InChI=1S/C19H32N4OS/c1-4-12-20-18(21-14-17(24)23(2)3)22-15-19(10-6-5-7-11-19)16-9-8-13-25-16/h8-9,13H,4-7,10-12,14-15H2,1-3H3,(H2,20,21,22). The van der Waals surface area contributed by atoms with E-state index >= 15 is 0 Å². The van der Waals surface area contributed by atoms with E-state index in [1.165, 1.54) is 37.0 Å². The van der Waals surface area contributed by atoms with Gasteiger partial charge in [-0.3, -0.25) is 4.79 Å². The molecule has 0 aromatic carbocycles. The van der Waals surface area contributed by atoms with E-state index in [9.17, 15) is 4.79 Å². The van der Waals surface area contributed by atoms with Crippen molar-refractivity contribution in [1.82, 2.24) is 15.5 Å². The molecule has 0 radical (unpaired) electrons. The van der Waals surface area contributed by atoms with Gasteiger partial charge in [0.1, 0.15) is 6.54 Å². The fourth-order valence-electron chi connectivity index (χ4n) is 3.28. The van der Waals surface area contributed by atoms with Crippen molar-refractivity contribution in [1.29, 1.82) is 0 Å². The van der Waals surface area contributed by atoms with Crippen LogP contribution in [0.25, 0.3) is 0 Å². The zero-order valence-corrected chi connectivity index (χ0v) is 16.6. The summed E-state index contributed by atoms with van der Waals surface area (Å²) in [5.41, 5.74) is 0.201. The first kappa shape index (κ1) is 19.8. The average molecular weight is 365 g/mol. The van der Waals surface area contributed by atoms with Crippen molar-refractivity contribution in [3.63, 3.8) is 0 Å². The van der Waals surface area contributed by atoms with E-state index in [-0.39, 0.29) is 17.9 Å². The van der Waals surface area contributed by atoms with Gasteiger partial charge < -0.3 is 15.5 Å². The third-order valence-electron chi connectivity index (χ3n) is 4.86. The Hall–Kier alpha value is -1.56. The number of carbonyl (C=O) groups is 1. The van der Waals surface area contributed by atoms with Crippen LogP contribution in [0.15, 0.2) is 22.5 Å². The van der Waals surface area contributed by atoms with Crippen LogP contribution in [0.2, 0.25) is 0 Å². The van der Waals surface area contributed by atoms with Gasteiger partial charge in [0.15, 0.2) is 5.96 Å². The second-order valence-electron chi connectivity index (χ2n) is 7.05. The van der Waals surface area contributed by atoms with Crippen LogP contribution in [-0.4, -0.2) is 50.5 Å². The third-order valence-corrected chi connectivity index (χ3v) is 5.98. The summed E-state index contributed by atoms with van der Waals surface area (Å²) in [5.74, 6) is 0.766. The van der Waals surface area contributed by atoms with E-state index in [2.05, 4.69) is 40.1 Å². The van der Waals surface area contributed by atoms with E-state index in [1.807, 2.05) is 11.3 Å². The molecule has 2 rings (SSSR count). The monoisotopic (exact) mass is 364 g/mol. The van der Waals surface area contributed by atoms with Crippen molar-refractivity contribution in [2.24, 2.45) is 4.99 Å². The lowest BCUT2D eigenvalue weighted by Crippen LogP contribution is -2.46. The topological polar surface area (TPSA) is 56.7 Å².